The number of nitrogens with one attached hydrogen (secondary N) is 3. The molecule has 0 aliphatic carbocycles. The predicted octanol–water partition coefficient (Wildman–Crippen LogP) is 3.30. The standard InChI is InChI=1S/C19H22N4O2/c1-2-20-18-11-14(7-9-21-18)13-23-19(24)22-10-8-16-12-15-5-3-4-6-17(15)25-16/h3-7,9,11-12H,2,8,10,13H2,1H3,(H,20,21)(H2,22,23,24). The maximum atomic E-state index is 11.9. The number of urea groups is 1. The van der Waals surface area contributed by atoms with Gasteiger partial charge in [0, 0.05) is 37.6 Å². The molecule has 130 valence electrons. The zero-order valence-corrected chi connectivity index (χ0v) is 14.2. The fourth-order valence-corrected chi connectivity index (χ4v) is 2.57. The number of carbonyl (C=O) groups excluding carboxylic acids is 1. The quantitative estimate of drug-likeness (QED) is 0.617. The average Bonchev–Trinajstić information content (AvgIpc) is 3.03. The molecular formula is C19H22N4O2. The number of hydrogen-bond acceptors (Lipinski definition) is 4. The molecular weight excluding hydrogens is 316 g/mol. The number of amides is 2. The van der Waals surface area contributed by atoms with Crippen LogP contribution in [0.4, 0.5) is 10.6 Å². The highest BCUT2D eigenvalue weighted by molar-refractivity contribution is 5.77. The van der Waals surface area contributed by atoms with Gasteiger partial charge in [-0.25, -0.2) is 9.78 Å². The van der Waals surface area contributed by atoms with Gasteiger partial charge in [0.25, 0.3) is 0 Å². The molecule has 2 aromatic heterocycles. The number of hydrogen-bond donors (Lipinski definition) is 3. The smallest absolute Gasteiger partial charge is 0.315 e. The van der Waals surface area contributed by atoms with E-state index in [1.165, 1.54) is 0 Å². The first kappa shape index (κ1) is 16.8. The second-order valence-corrected chi connectivity index (χ2v) is 5.69. The van der Waals surface area contributed by atoms with Crippen molar-refractivity contribution in [3.8, 4) is 0 Å². The number of pyridine rings is 1. The summed E-state index contributed by atoms with van der Waals surface area (Å²) >= 11 is 0. The summed E-state index contributed by atoms with van der Waals surface area (Å²) in [4.78, 5) is 16.1. The van der Waals surface area contributed by atoms with Crippen molar-refractivity contribution in [3.63, 3.8) is 0 Å². The zero-order chi connectivity index (χ0) is 17.5. The Morgan fingerprint density at radius 1 is 1.16 bits per heavy atom. The Labute approximate surface area is 146 Å². The Morgan fingerprint density at radius 2 is 2.04 bits per heavy atom. The summed E-state index contributed by atoms with van der Waals surface area (Å²) in [5.74, 6) is 1.68. The zero-order valence-electron chi connectivity index (χ0n) is 14.2. The lowest BCUT2D eigenvalue weighted by Gasteiger charge is -2.08. The van der Waals surface area contributed by atoms with Gasteiger partial charge in [0.2, 0.25) is 0 Å². The Kier molecular flexibility index (Phi) is 5.51. The first-order chi connectivity index (χ1) is 12.2. The van der Waals surface area contributed by atoms with Gasteiger partial charge in [-0.1, -0.05) is 18.2 Å². The lowest BCUT2D eigenvalue weighted by atomic mass is 10.2. The van der Waals surface area contributed by atoms with E-state index in [1.807, 2.05) is 49.4 Å². The Hall–Kier alpha value is -3.02. The van der Waals surface area contributed by atoms with Crippen molar-refractivity contribution in [1.29, 1.82) is 0 Å². The maximum Gasteiger partial charge on any atom is 0.315 e. The van der Waals surface area contributed by atoms with Crippen LogP contribution < -0.4 is 16.0 Å². The molecule has 3 rings (SSSR count). The predicted molar refractivity (Wildman–Crippen MR) is 98.6 cm³/mol. The summed E-state index contributed by atoms with van der Waals surface area (Å²) in [5.41, 5.74) is 1.87. The summed E-state index contributed by atoms with van der Waals surface area (Å²) < 4.78 is 5.73. The van der Waals surface area contributed by atoms with Crippen LogP contribution in [0.1, 0.15) is 18.2 Å². The lowest BCUT2D eigenvalue weighted by Crippen LogP contribution is -2.36. The van der Waals surface area contributed by atoms with E-state index in [-0.39, 0.29) is 6.03 Å². The number of aromatic nitrogens is 1. The molecule has 0 atom stereocenters. The maximum absolute atomic E-state index is 11.9. The van der Waals surface area contributed by atoms with Gasteiger partial charge >= 0.3 is 6.03 Å². The number of furan rings is 1. The number of anilines is 1. The van der Waals surface area contributed by atoms with Crippen molar-refractivity contribution < 1.29 is 9.21 Å². The monoisotopic (exact) mass is 338 g/mol. The van der Waals surface area contributed by atoms with Crippen LogP contribution in [0.15, 0.2) is 53.1 Å². The third-order valence-corrected chi connectivity index (χ3v) is 3.77. The van der Waals surface area contributed by atoms with E-state index in [0.29, 0.717) is 19.5 Å². The van der Waals surface area contributed by atoms with E-state index in [0.717, 1.165) is 34.7 Å². The molecule has 3 aromatic rings. The number of fused-ring (bicyclic) bond motifs is 1. The van der Waals surface area contributed by atoms with Gasteiger partial charge in [-0.05, 0) is 36.8 Å². The van der Waals surface area contributed by atoms with Gasteiger partial charge in [-0.3, -0.25) is 0 Å². The van der Waals surface area contributed by atoms with E-state index in [1.54, 1.807) is 6.20 Å². The summed E-state index contributed by atoms with van der Waals surface area (Å²) in [7, 11) is 0. The fraction of sp³-hybridized carbons (Fsp3) is 0.263. The third-order valence-electron chi connectivity index (χ3n) is 3.77. The van der Waals surface area contributed by atoms with Crippen LogP contribution in [-0.4, -0.2) is 24.1 Å². The molecule has 0 aliphatic heterocycles. The van der Waals surface area contributed by atoms with Crippen LogP contribution in [0.5, 0.6) is 0 Å². The third kappa shape index (κ3) is 4.73. The van der Waals surface area contributed by atoms with Crippen molar-refractivity contribution in [2.75, 3.05) is 18.4 Å². The van der Waals surface area contributed by atoms with Crippen molar-refractivity contribution in [3.05, 3.63) is 60.0 Å². The molecule has 0 bridgehead atoms. The second-order valence-electron chi connectivity index (χ2n) is 5.69. The van der Waals surface area contributed by atoms with E-state index < -0.39 is 0 Å². The average molecular weight is 338 g/mol. The van der Waals surface area contributed by atoms with Crippen LogP contribution >= 0.6 is 0 Å². The van der Waals surface area contributed by atoms with Crippen LogP contribution in [0.2, 0.25) is 0 Å². The van der Waals surface area contributed by atoms with Crippen molar-refractivity contribution in [2.45, 2.75) is 19.9 Å². The van der Waals surface area contributed by atoms with Gasteiger partial charge in [0.05, 0.1) is 0 Å². The largest absolute Gasteiger partial charge is 0.461 e. The Bertz CT molecular complexity index is 811. The van der Waals surface area contributed by atoms with Gasteiger partial charge in [-0.2, -0.15) is 0 Å². The second kappa shape index (κ2) is 8.19. The molecule has 0 spiro atoms. The summed E-state index contributed by atoms with van der Waals surface area (Å²) in [5, 5.41) is 9.92. The molecule has 0 fully saturated rings. The minimum atomic E-state index is -0.196. The van der Waals surface area contributed by atoms with Gasteiger partial charge in [0.15, 0.2) is 0 Å². The first-order valence-corrected chi connectivity index (χ1v) is 8.42. The molecule has 6 heteroatoms. The first-order valence-electron chi connectivity index (χ1n) is 8.42. The fourth-order valence-electron chi connectivity index (χ4n) is 2.57. The summed E-state index contributed by atoms with van der Waals surface area (Å²) in [6, 6.07) is 13.5. The highest BCUT2D eigenvalue weighted by Crippen LogP contribution is 2.18. The molecule has 3 N–H and O–H groups in total. The molecule has 0 radical (unpaired) electrons. The van der Waals surface area contributed by atoms with E-state index in [2.05, 4.69) is 20.9 Å². The molecule has 0 unspecified atom stereocenters. The van der Waals surface area contributed by atoms with Crippen molar-refractivity contribution >= 4 is 22.8 Å². The molecule has 2 heterocycles. The molecule has 6 nitrogen and oxygen atoms in total. The summed E-state index contributed by atoms with van der Waals surface area (Å²) in [6.07, 6.45) is 2.39. The molecule has 2 amide bonds. The van der Waals surface area contributed by atoms with Crippen LogP contribution in [-0.2, 0) is 13.0 Å². The van der Waals surface area contributed by atoms with Gasteiger partial charge in [-0.15, -0.1) is 0 Å². The number of rotatable bonds is 7. The van der Waals surface area contributed by atoms with E-state index >= 15 is 0 Å². The van der Waals surface area contributed by atoms with Crippen LogP contribution in [0.25, 0.3) is 11.0 Å². The normalized spacial score (nSPS) is 10.6. The minimum absolute atomic E-state index is 0.196. The highest BCUT2D eigenvalue weighted by atomic mass is 16.3. The SMILES string of the molecule is CCNc1cc(CNC(=O)NCCc2cc3ccccc3o2)ccn1. The molecule has 25 heavy (non-hydrogen) atoms. The number of carbonyl (C=O) groups is 1. The molecule has 0 saturated carbocycles. The molecule has 0 aliphatic rings. The summed E-state index contributed by atoms with van der Waals surface area (Å²) in [6.45, 7) is 3.80. The number of para-hydroxylation sites is 1. The van der Waals surface area contributed by atoms with E-state index in [4.69, 9.17) is 4.42 Å². The van der Waals surface area contributed by atoms with Crippen molar-refractivity contribution in [1.82, 2.24) is 15.6 Å². The van der Waals surface area contributed by atoms with Crippen molar-refractivity contribution in [2.24, 2.45) is 0 Å². The van der Waals surface area contributed by atoms with Gasteiger partial charge in [0.1, 0.15) is 17.2 Å². The molecule has 1 aromatic carbocycles. The van der Waals surface area contributed by atoms with E-state index in [9.17, 15) is 4.79 Å². The number of nitrogens with zero attached hydrogens (tertiary/aromatic N) is 1. The number of benzene rings is 1. The van der Waals surface area contributed by atoms with Crippen LogP contribution in [0, 0.1) is 0 Å². The van der Waals surface area contributed by atoms with Gasteiger partial charge < -0.3 is 20.4 Å². The Balaban J connectivity index is 1.42. The highest BCUT2D eigenvalue weighted by Gasteiger charge is 2.05. The van der Waals surface area contributed by atoms with Crippen LogP contribution in [0.3, 0.4) is 0 Å². The minimum Gasteiger partial charge on any atom is -0.461 e. The Morgan fingerprint density at radius 3 is 2.88 bits per heavy atom. The lowest BCUT2D eigenvalue weighted by molar-refractivity contribution is 0.240. The topological polar surface area (TPSA) is 79.2 Å². The molecule has 0 saturated heterocycles.